The van der Waals surface area contributed by atoms with Crippen LogP contribution in [0.3, 0.4) is 0 Å². The quantitative estimate of drug-likeness (QED) is 0.0960. The van der Waals surface area contributed by atoms with Gasteiger partial charge < -0.3 is 0 Å². The zero-order chi connectivity index (χ0) is 55.0. The molecule has 0 unspecified atom stereocenters. The second-order valence-corrected chi connectivity index (χ2v) is 23.4. The molecule has 9 aromatic rings. The molecule has 0 amide bonds. The smallest absolute Gasteiger partial charge is 0.282 e. The first-order valence-electron chi connectivity index (χ1n) is 27.1. The predicted molar refractivity (Wildman–Crippen MR) is 325 cm³/mol. The van der Waals surface area contributed by atoms with Crippen molar-refractivity contribution in [3.63, 3.8) is 0 Å². The minimum atomic E-state index is -4.35. The van der Waals surface area contributed by atoms with E-state index in [1.54, 1.807) is 0 Å². The van der Waals surface area contributed by atoms with E-state index in [4.69, 9.17) is 13.6 Å². The van der Waals surface area contributed by atoms with E-state index in [2.05, 4.69) is 249 Å². The summed E-state index contributed by atoms with van der Waals surface area (Å²) < 4.78 is 36.1. The van der Waals surface area contributed by atoms with Crippen LogP contribution >= 0.6 is 7.82 Å². The highest BCUT2D eigenvalue weighted by molar-refractivity contribution is 7.48. The second kappa shape index (κ2) is 22.6. The lowest BCUT2D eigenvalue weighted by molar-refractivity contribution is 0.0975. The van der Waals surface area contributed by atoms with E-state index >= 15 is 4.57 Å². The summed E-state index contributed by atoms with van der Waals surface area (Å²) in [5.41, 5.74) is 34.5. The Balaban J connectivity index is 1.16. The summed E-state index contributed by atoms with van der Waals surface area (Å²) in [7, 11) is -4.35. The average Bonchev–Trinajstić information content (AvgIpc) is 3.38. The minimum Gasteiger partial charge on any atom is -0.282 e. The van der Waals surface area contributed by atoms with Crippen molar-refractivity contribution in [2.75, 3.05) is 0 Å². The monoisotopic (exact) mass is 1030 g/mol. The van der Waals surface area contributed by atoms with Crippen molar-refractivity contribution in [3.05, 3.63) is 246 Å². The molecule has 0 atom stereocenters. The molecular formula is C72H75O4P. The van der Waals surface area contributed by atoms with Crippen LogP contribution in [0.4, 0.5) is 0 Å². The Morgan fingerprint density at radius 3 is 0.623 bits per heavy atom. The molecule has 9 rings (SSSR count). The van der Waals surface area contributed by atoms with Gasteiger partial charge in [0.1, 0.15) is 0 Å². The Morgan fingerprint density at radius 2 is 0.429 bits per heavy atom. The molecule has 0 aliphatic rings. The highest BCUT2D eigenvalue weighted by Gasteiger charge is 2.31. The van der Waals surface area contributed by atoms with Crippen molar-refractivity contribution in [1.82, 2.24) is 0 Å². The van der Waals surface area contributed by atoms with Gasteiger partial charge in [0, 0.05) is 0 Å². The van der Waals surface area contributed by atoms with Crippen LogP contribution in [-0.2, 0) is 38.0 Å². The first kappa shape index (κ1) is 54.9. The van der Waals surface area contributed by atoms with E-state index in [-0.39, 0.29) is 19.8 Å². The zero-order valence-corrected chi connectivity index (χ0v) is 49.0. The SMILES string of the molecule is Cc1cccc(C)c1-c1ccc(COP(=O)(OCc2ccc(-c3c(C)cccc3C)c(-c3c(C)cccc3C)c2C)OCc2ccc(-c3c(C)cccc3C)c(-c3c(C)cccc3C)c2C)c(C)c1-c1c(C)cccc1C. The molecule has 4 nitrogen and oxygen atoms in total. The third kappa shape index (κ3) is 10.7. The Hall–Kier alpha value is -6.91. The molecule has 0 aliphatic heterocycles. The Kier molecular flexibility index (Phi) is 16.1. The molecule has 0 N–H and O–H groups in total. The normalized spacial score (nSPS) is 11.7. The standard InChI is InChI=1S/C72H75O4P/c1-43-22-16-23-44(2)64(43)61-37-34-58(55(13)70(61)67-49(7)28-19-29-50(67)8)40-74-77(73,75-41-59-35-38-62(65-45(3)24-17-25-46(65)4)71(56(59)14)68-51(9)30-20-31-52(68)10)76-42-60-36-39-63(66-47(5)26-18-27-48(66)6)72(57(60)15)69-53(11)32-21-33-54(69)12/h16-39H,40-42H2,1-15H3. The van der Waals surface area contributed by atoms with Gasteiger partial charge in [-0.25, -0.2) is 4.57 Å². The molecule has 0 radical (unpaired) electrons. The van der Waals surface area contributed by atoms with Crippen LogP contribution in [0.15, 0.2) is 146 Å². The molecule has 0 saturated heterocycles. The van der Waals surface area contributed by atoms with Crippen LogP contribution in [0.5, 0.6) is 0 Å². The summed E-state index contributed by atoms with van der Waals surface area (Å²) in [4.78, 5) is 0. The van der Waals surface area contributed by atoms with Gasteiger partial charge in [0.2, 0.25) is 0 Å². The maximum atomic E-state index is 15.9. The molecular weight excluding hydrogens is 960 g/mol. The number of hydrogen-bond acceptors (Lipinski definition) is 4. The Bertz CT molecular complexity index is 3290. The van der Waals surface area contributed by atoms with Gasteiger partial charge in [-0.3, -0.25) is 13.6 Å². The Labute approximate surface area is 459 Å². The van der Waals surface area contributed by atoms with E-state index in [0.29, 0.717) is 0 Å². The number of phosphoric acid groups is 1. The highest BCUT2D eigenvalue weighted by Crippen LogP contribution is 2.54. The number of rotatable bonds is 15. The van der Waals surface area contributed by atoms with Crippen LogP contribution in [0.1, 0.15) is 100 Å². The van der Waals surface area contributed by atoms with Crippen LogP contribution in [0.25, 0.3) is 66.8 Å². The topological polar surface area (TPSA) is 44.8 Å². The predicted octanol–water partition coefficient (Wildman–Crippen LogP) is 20.4. The van der Waals surface area contributed by atoms with Gasteiger partial charge in [-0.2, -0.15) is 0 Å². The molecule has 5 heteroatoms. The fourth-order valence-corrected chi connectivity index (χ4v) is 13.3. The molecule has 0 aromatic heterocycles. The van der Waals surface area contributed by atoms with Gasteiger partial charge in [-0.05, 0) is 271 Å². The van der Waals surface area contributed by atoms with E-state index in [9.17, 15) is 0 Å². The van der Waals surface area contributed by atoms with Crippen molar-refractivity contribution in [1.29, 1.82) is 0 Å². The summed E-state index contributed by atoms with van der Waals surface area (Å²) in [5.74, 6) is 0. The third-order valence-electron chi connectivity index (χ3n) is 16.3. The van der Waals surface area contributed by atoms with Crippen LogP contribution in [-0.4, -0.2) is 0 Å². The van der Waals surface area contributed by atoms with Crippen molar-refractivity contribution >= 4 is 7.82 Å². The fraction of sp³-hybridized carbons (Fsp3) is 0.250. The number of aryl methyl sites for hydroxylation is 12. The Morgan fingerprint density at radius 1 is 0.247 bits per heavy atom. The maximum Gasteiger partial charge on any atom is 0.475 e. The lowest BCUT2D eigenvalue weighted by atomic mass is 9.83. The molecule has 0 spiro atoms. The van der Waals surface area contributed by atoms with Crippen molar-refractivity contribution in [2.24, 2.45) is 0 Å². The van der Waals surface area contributed by atoms with E-state index in [1.165, 1.54) is 100 Å². The lowest BCUT2D eigenvalue weighted by Crippen LogP contribution is -2.07. The van der Waals surface area contributed by atoms with E-state index < -0.39 is 7.82 Å². The summed E-state index contributed by atoms with van der Waals surface area (Å²) in [6.45, 7) is 32.7. The molecule has 0 aliphatic carbocycles. The summed E-state index contributed by atoms with van der Waals surface area (Å²) in [5, 5.41) is 0. The van der Waals surface area contributed by atoms with Gasteiger partial charge in [0.05, 0.1) is 19.8 Å². The minimum absolute atomic E-state index is 0.00431. The van der Waals surface area contributed by atoms with Crippen molar-refractivity contribution in [2.45, 2.75) is 124 Å². The van der Waals surface area contributed by atoms with Crippen molar-refractivity contribution < 1.29 is 18.1 Å². The van der Waals surface area contributed by atoms with E-state index in [0.717, 1.165) is 66.8 Å². The first-order valence-corrected chi connectivity index (χ1v) is 28.6. The van der Waals surface area contributed by atoms with Gasteiger partial charge in [0.15, 0.2) is 0 Å². The fourth-order valence-electron chi connectivity index (χ4n) is 12.2. The molecule has 9 aromatic carbocycles. The maximum absolute atomic E-state index is 15.9. The van der Waals surface area contributed by atoms with Gasteiger partial charge in [0.25, 0.3) is 0 Å². The van der Waals surface area contributed by atoms with Crippen LogP contribution < -0.4 is 0 Å². The first-order chi connectivity index (χ1) is 36.8. The number of phosphoric ester groups is 1. The summed E-state index contributed by atoms with van der Waals surface area (Å²) in [6, 6.07) is 51.9. The summed E-state index contributed by atoms with van der Waals surface area (Å²) in [6.07, 6.45) is 0. The average molecular weight is 1040 g/mol. The zero-order valence-electron chi connectivity index (χ0n) is 48.1. The van der Waals surface area contributed by atoms with Crippen LogP contribution in [0, 0.1) is 104 Å². The molecule has 392 valence electrons. The van der Waals surface area contributed by atoms with Gasteiger partial charge >= 0.3 is 7.82 Å². The largest absolute Gasteiger partial charge is 0.475 e. The third-order valence-corrected chi connectivity index (χ3v) is 17.6. The molecule has 0 heterocycles. The number of benzene rings is 9. The van der Waals surface area contributed by atoms with E-state index in [1.807, 2.05) is 0 Å². The van der Waals surface area contributed by atoms with Gasteiger partial charge in [-0.1, -0.05) is 146 Å². The molecule has 0 saturated carbocycles. The summed E-state index contributed by atoms with van der Waals surface area (Å²) >= 11 is 0. The molecule has 0 fully saturated rings. The van der Waals surface area contributed by atoms with Crippen LogP contribution in [0.2, 0.25) is 0 Å². The number of hydrogen-bond donors (Lipinski definition) is 0. The van der Waals surface area contributed by atoms with Gasteiger partial charge in [-0.15, -0.1) is 0 Å². The molecule has 0 bridgehead atoms. The molecule has 77 heavy (non-hydrogen) atoms. The van der Waals surface area contributed by atoms with Crippen molar-refractivity contribution in [3.8, 4) is 66.8 Å². The lowest BCUT2D eigenvalue weighted by Gasteiger charge is -2.25. The second-order valence-electron chi connectivity index (χ2n) is 21.7. The highest BCUT2D eigenvalue weighted by atomic mass is 31.2.